The van der Waals surface area contributed by atoms with Gasteiger partial charge in [-0.05, 0) is 37.3 Å². The molecule has 1 aliphatic rings. The number of fused-ring (bicyclic) bond motifs is 2. The summed E-state index contributed by atoms with van der Waals surface area (Å²) in [4.78, 5) is 27.2. The molecule has 1 N–H and O–H groups in total. The van der Waals surface area contributed by atoms with Gasteiger partial charge in [0.25, 0.3) is 5.89 Å². The molecule has 1 atom stereocenters. The van der Waals surface area contributed by atoms with E-state index in [4.69, 9.17) is 14.3 Å². The first-order chi connectivity index (χ1) is 16.6. The number of aryl methyl sites for hydroxylation is 1. The van der Waals surface area contributed by atoms with Gasteiger partial charge in [-0.1, -0.05) is 6.07 Å². The number of ether oxygens (including phenoxy) is 1. The maximum Gasteiger partial charge on any atom is 0.312 e. The maximum atomic E-state index is 13.6. The van der Waals surface area contributed by atoms with E-state index < -0.39 is 6.04 Å². The third kappa shape index (κ3) is 3.20. The molecule has 0 fully saturated rings. The maximum absolute atomic E-state index is 13.6. The van der Waals surface area contributed by atoms with Crippen molar-refractivity contribution < 1.29 is 13.9 Å². The zero-order valence-electron chi connectivity index (χ0n) is 18.5. The van der Waals surface area contributed by atoms with Gasteiger partial charge < -0.3 is 19.0 Å². The topological polar surface area (TPSA) is 127 Å². The zero-order chi connectivity index (χ0) is 23.2. The number of nitrogens with zero attached hydrogens (tertiary/aromatic N) is 7. The summed E-state index contributed by atoms with van der Waals surface area (Å²) in [5, 5.41) is 12.8. The highest BCUT2D eigenvalue weighted by molar-refractivity contribution is 5.90. The molecule has 0 unspecified atom stereocenters. The van der Waals surface area contributed by atoms with E-state index in [0.29, 0.717) is 30.1 Å². The van der Waals surface area contributed by atoms with Crippen molar-refractivity contribution in [2.24, 2.45) is 0 Å². The fraction of sp³-hybridized carbons (Fsp3) is 0.217. The standard InChI is InChI=1S/C23H20N8O3/c1-13-4-3-5-14-10-18(29-31(13)14)20-19-16(25-12-26-19)8-9-30(20)23(32)22-28-27-21(34-22)17-7-6-15(33-2)11-24-17/h3-7,10-12,20H,8-9H2,1-2H3,(H,25,26)/t20-/m1/s1. The van der Waals surface area contributed by atoms with Crippen molar-refractivity contribution in [3.63, 3.8) is 0 Å². The molecule has 0 bridgehead atoms. The average molecular weight is 456 g/mol. The van der Waals surface area contributed by atoms with Crippen LogP contribution in [0.4, 0.5) is 0 Å². The summed E-state index contributed by atoms with van der Waals surface area (Å²) < 4.78 is 12.7. The Morgan fingerprint density at radius 1 is 1.21 bits per heavy atom. The number of amides is 1. The first kappa shape index (κ1) is 20.1. The molecule has 5 aromatic heterocycles. The van der Waals surface area contributed by atoms with Crippen LogP contribution < -0.4 is 4.74 Å². The second-order valence-corrected chi connectivity index (χ2v) is 7.99. The quantitative estimate of drug-likeness (QED) is 0.437. The highest BCUT2D eigenvalue weighted by atomic mass is 16.5. The van der Waals surface area contributed by atoms with Gasteiger partial charge in [0.1, 0.15) is 17.5 Å². The number of hydrogen-bond acceptors (Lipinski definition) is 8. The number of aromatic amines is 1. The van der Waals surface area contributed by atoms with E-state index in [2.05, 4.69) is 25.1 Å². The molecule has 0 aromatic carbocycles. The third-order valence-corrected chi connectivity index (χ3v) is 5.96. The minimum Gasteiger partial charge on any atom is -0.495 e. The Morgan fingerprint density at radius 3 is 2.91 bits per heavy atom. The normalized spacial score (nSPS) is 15.5. The Labute approximate surface area is 193 Å². The van der Waals surface area contributed by atoms with E-state index >= 15 is 0 Å². The van der Waals surface area contributed by atoms with E-state index in [1.807, 2.05) is 35.7 Å². The number of H-pyrrole nitrogens is 1. The Morgan fingerprint density at radius 2 is 2.12 bits per heavy atom. The lowest BCUT2D eigenvalue weighted by atomic mass is 9.99. The number of carbonyl (C=O) groups is 1. The summed E-state index contributed by atoms with van der Waals surface area (Å²) in [6, 6.07) is 10.9. The Balaban J connectivity index is 1.37. The number of pyridine rings is 2. The number of nitrogens with one attached hydrogen (secondary N) is 1. The third-order valence-electron chi connectivity index (χ3n) is 5.96. The van der Waals surface area contributed by atoms with E-state index in [-0.39, 0.29) is 17.7 Å². The molecule has 0 spiro atoms. The molecule has 11 heteroatoms. The first-order valence-electron chi connectivity index (χ1n) is 10.7. The SMILES string of the molecule is COc1ccc(-c2nnc(C(=O)N3CCc4[nH]cnc4[C@H]3c3cc4cccc(C)n4n3)o2)nc1. The summed E-state index contributed by atoms with van der Waals surface area (Å²) >= 11 is 0. The van der Waals surface area contributed by atoms with Gasteiger partial charge in [-0.25, -0.2) is 14.5 Å². The first-order valence-corrected chi connectivity index (χ1v) is 10.7. The van der Waals surface area contributed by atoms with Crippen LogP contribution in [0.25, 0.3) is 17.1 Å². The van der Waals surface area contributed by atoms with Crippen molar-refractivity contribution in [1.29, 1.82) is 0 Å². The van der Waals surface area contributed by atoms with Crippen LogP contribution in [0.1, 0.15) is 39.5 Å². The highest BCUT2D eigenvalue weighted by Crippen LogP contribution is 2.34. The molecular weight excluding hydrogens is 436 g/mol. The summed E-state index contributed by atoms with van der Waals surface area (Å²) in [7, 11) is 1.56. The zero-order valence-corrected chi connectivity index (χ0v) is 18.5. The van der Waals surface area contributed by atoms with Crippen LogP contribution in [0, 0.1) is 6.92 Å². The second-order valence-electron chi connectivity index (χ2n) is 7.99. The fourth-order valence-electron chi connectivity index (χ4n) is 4.26. The van der Waals surface area contributed by atoms with Gasteiger partial charge in [0.05, 0.1) is 36.5 Å². The molecule has 34 heavy (non-hydrogen) atoms. The minimum absolute atomic E-state index is 0.114. The van der Waals surface area contributed by atoms with Crippen molar-refractivity contribution in [3.05, 3.63) is 77.6 Å². The molecule has 1 amide bonds. The number of aromatic nitrogens is 7. The lowest BCUT2D eigenvalue weighted by Crippen LogP contribution is -2.41. The molecule has 11 nitrogen and oxygen atoms in total. The lowest BCUT2D eigenvalue weighted by Gasteiger charge is -2.32. The van der Waals surface area contributed by atoms with E-state index in [0.717, 1.165) is 22.6 Å². The van der Waals surface area contributed by atoms with Crippen molar-refractivity contribution >= 4 is 11.4 Å². The van der Waals surface area contributed by atoms with Crippen molar-refractivity contribution in [1.82, 2.24) is 39.7 Å². The molecular formula is C23H20N8O3. The molecule has 6 rings (SSSR count). The summed E-state index contributed by atoms with van der Waals surface area (Å²) in [5.74, 6) is 0.257. The van der Waals surface area contributed by atoms with Gasteiger partial charge in [0.2, 0.25) is 0 Å². The molecule has 0 aliphatic carbocycles. The monoisotopic (exact) mass is 456 g/mol. The van der Waals surface area contributed by atoms with Gasteiger partial charge in [-0.15, -0.1) is 10.2 Å². The molecule has 0 saturated carbocycles. The van der Waals surface area contributed by atoms with Crippen LogP contribution in [0.3, 0.4) is 0 Å². The van der Waals surface area contributed by atoms with Gasteiger partial charge in [-0.2, -0.15) is 5.10 Å². The Kier molecular flexibility index (Phi) is 4.61. The van der Waals surface area contributed by atoms with Crippen LogP contribution in [-0.4, -0.2) is 59.2 Å². The van der Waals surface area contributed by atoms with Gasteiger partial charge in [0.15, 0.2) is 0 Å². The van der Waals surface area contributed by atoms with Crippen LogP contribution in [-0.2, 0) is 6.42 Å². The predicted octanol–water partition coefficient (Wildman–Crippen LogP) is 2.61. The Bertz CT molecular complexity index is 1500. The number of hydrogen-bond donors (Lipinski definition) is 1. The van der Waals surface area contributed by atoms with Crippen molar-refractivity contribution in [2.45, 2.75) is 19.4 Å². The Hall–Kier alpha value is -4.54. The second kappa shape index (κ2) is 7.80. The summed E-state index contributed by atoms with van der Waals surface area (Å²) in [5.41, 5.74) is 4.85. The largest absolute Gasteiger partial charge is 0.495 e. The molecule has 0 radical (unpaired) electrons. The average Bonchev–Trinajstić information content (AvgIpc) is 3.62. The number of rotatable bonds is 4. The number of carbonyl (C=O) groups excluding carboxylic acids is 1. The molecule has 0 saturated heterocycles. The van der Waals surface area contributed by atoms with E-state index in [9.17, 15) is 4.79 Å². The minimum atomic E-state index is -0.490. The fourth-order valence-corrected chi connectivity index (χ4v) is 4.26. The van der Waals surface area contributed by atoms with E-state index in [1.54, 1.807) is 36.7 Å². The lowest BCUT2D eigenvalue weighted by molar-refractivity contribution is 0.0646. The van der Waals surface area contributed by atoms with Gasteiger partial charge in [-0.3, -0.25) is 4.79 Å². The van der Waals surface area contributed by atoms with Crippen molar-refractivity contribution in [2.75, 3.05) is 13.7 Å². The predicted molar refractivity (Wildman–Crippen MR) is 119 cm³/mol. The summed E-state index contributed by atoms with van der Waals surface area (Å²) in [6.07, 6.45) is 3.82. The molecule has 1 aliphatic heterocycles. The van der Waals surface area contributed by atoms with E-state index in [1.165, 1.54) is 0 Å². The van der Waals surface area contributed by atoms with Gasteiger partial charge >= 0.3 is 11.8 Å². The summed E-state index contributed by atoms with van der Waals surface area (Å²) in [6.45, 7) is 2.44. The van der Waals surface area contributed by atoms with Crippen LogP contribution in [0.2, 0.25) is 0 Å². The smallest absolute Gasteiger partial charge is 0.312 e. The number of imidazole rings is 1. The van der Waals surface area contributed by atoms with Gasteiger partial charge in [0, 0.05) is 24.4 Å². The van der Waals surface area contributed by atoms with Crippen LogP contribution in [0.15, 0.2) is 53.3 Å². The van der Waals surface area contributed by atoms with Crippen LogP contribution >= 0.6 is 0 Å². The number of methoxy groups -OCH3 is 1. The van der Waals surface area contributed by atoms with Crippen molar-refractivity contribution in [3.8, 4) is 17.3 Å². The molecule has 170 valence electrons. The molecule has 5 aromatic rings. The van der Waals surface area contributed by atoms with Crippen LogP contribution in [0.5, 0.6) is 5.75 Å². The molecule has 6 heterocycles. The highest BCUT2D eigenvalue weighted by Gasteiger charge is 2.38.